The molecule has 0 aromatic heterocycles. The van der Waals surface area contributed by atoms with E-state index < -0.39 is 11.5 Å². The summed E-state index contributed by atoms with van der Waals surface area (Å²) in [6.07, 6.45) is 1.72. The molecule has 0 unspecified atom stereocenters. The van der Waals surface area contributed by atoms with Crippen molar-refractivity contribution in [3.63, 3.8) is 0 Å². The van der Waals surface area contributed by atoms with Crippen molar-refractivity contribution in [2.24, 2.45) is 0 Å². The third-order valence-corrected chi connectivity index (χ3v) is 3.24. The van der Waals surface area contributed by atoms with Gasteiger partial charge in [0.05, 0.1) is 7.11 Å². The van der Waals surface area contributed by atoms with Gasteiger partial charge in [-0.1, -0.05) is 19.1 Å². The van der Waals surface area contributed by atoms with Crippen LogP contribution >= 0.6 is 0 Å². The molecule has 0 amide bonds. The minimum Gasteiger partial charge on any atom is -0.496 e. The quantitative estimate of drug-likeness (QED) is 0.794. The van der Waals surface area contributed by atoms with Crippen LogP contribution in [0.25, 0.3) is 0 Å². The van der Waals surface area contributed by atoms with Crippen molar-refractivity contribution in [1.29, 1.82) is 0 Å². The van der Waals surface area contributed by atoms with Gasteiger partial charge in [0.15, 0.2) is 0 Å². The number of hydrogen-bond acceptors (Lipinski definition) is 3. The SMILES string of the molecule is CCc1cc(CCNC(C)(C)C(=O)O)ccc1OC. The molecule has 0 aliphatic heterocycles. The first-order valence-electron chi connectivity index (χ1n) is 6.55. The Bertz CT molecular complexity index is 441. The van der Waals surface area contributed by atoms with Crippen molar-refractivity contribution >= 4 is 5.97 Å². The number of aryl methyl sites for hydroxylation is 1. The van der Waals surface area contributed by atoms with Crippen LogP contribution in [0.3, 0.4) is 0 Å². The van der Waals surface area contributed by atoms with Crippen molar-refractivity contribution in [2.75, 3.05) is 13.7 Å². The van der Waals surface area contributed by atoms with Crippen LogP contribution in [0.1, 0.15) is 31.9 Å². The van der Waals surface area contributed by atoms with E-state index in [0.29, 0.717) is 6.54 Å². The molecule has 0 spiro atoms. The summed E-state index contributed by atoms with van der Waals surface area (Å²) in [4.78, 5) is 11.0. The highest BCUT2D eigenvalue weighted by Crippen LogP contribution is 2.20. The maximum absolute atomic E-state index is 11.0. The minimum absolute atomic E-state index is 0.634. The second-order valence-corrected chi connectivity index (χ2v) is 5.11. The van der Waals surface area contributed by atoms with Crippen LogP contribution in [-0.2, 0) is 17.6 Å². The molecular formula is C15H23NO3. The Hall–Kier alpha value is -1.55. The van der Waals surface area contributed by atoms with Crippen LogP contribution in [0.15, 0.2) is 18.2 Å². The second kappa shape index (κ2) is 6.57. The third kappa shape index (κ3) is 4.24. The monoisotopic (exact) mass is 265 g/mol. The average molecular weight is 265 g/mol. The molecule has 0 heterocycles. The number of hydrogen-bond donors (Lipinski definition) is 2. The summed E-state index contributed by atoms with van der Waals surface area (Å²) in [6.45, 7) is 6.06. The van der Waals surface area contributed by atoms with Gasteiger partial charge in [-0.25, -0.2) is 0 Å². The Labute approximate surface area is 114 Å². The van der Waals surface area contributed by atoms with Crippen molar-refractivity contribution < 1.29 is 14.6 Å². The lowest BCUT2D eigenvalue weighted by Crippen LogP contribution is -2.47. The largest absolute Gasteiger partial charge is 0.496 e. The van der Waals surface area contributed by atoms with E-state index in [4.69, 9.17) is 9.84 Å². The zero-order valence-corrected chi connectivity index (χ0v) is 12.1. The Morgan fingerprint density at radius 1 is 1.42 bits per heavy atom. The van der Waals surface area contributed by atoms with Gasteiger partial charge in [-0.3, -0.25) is 4.79 Å². The number of rotatable bonds is 7. The summed E-state index contributed by atoms with van der Waals surface area (Å²) < 4.78 is 5.29. The summed E-state index contributed by atoms with van der Waals surface area (Å²) in [5.41, 5.74) is 1.48. The molecule has 2 N–H and O–H groups in total. The van der Waals surface area contributed by atoms with Gasteiger partial charge < -0.3 is 15.2 Å². The normalized spacial score (nSPS) is 11.4. The number of carboxylic acid groups (broad SMARTS) is 1. The first kappa shape index (κ1) is 15.5. The predicted octanol–water partition coefficient (Wildman–Crippen LogP) is 2.25. The van der Waals surface area contributed by atoms with E-state index in [1.807, 2.05) is 12.1 Å². The topological polar surface area (TPSA) is 58.6 Å². The van der Waals surface area contributed by atoms with Crippen molar-refractivity contribution in [3.05, 3.63) is 29.3 Å². The molecule has 0 atom stereocenters. The fraction of sp³-hybridized carbons (Fsp3) is 0.533. The van der Waals surface area contributed by atoms with Gasteiger partial charge in [-0.2, -0.15) is 0 Å². The molecule has 0 saturated heterocycles. The molecule has 0 bridgehead atoms. The van der Waals surface area contributed by atoms with Gasteiger partial charge in [0.25, 0.3) is 0 Å². The van der Waals surface area contributed by atoms with E-state index in [-0.39, 0.29) is 0 Å². The number of ether oxygens (including phenoxy) is 1. The molecule has 1 aromatic rings. The van der Waals surface area contributed by atoms with E-state index in [0.717, 1.165) is 18.6 Å². The zero-order valence-electron chi connectivity index (χ0n) is 12.1. The summed E-state index contributed by atoms with van der Waals surface area (Å²) in [5, 5.41) is 12.1. The molecule has 0 aliphatic rings. The lowest BCUT2D eigenvalue weighted by Gasteiger charge is -2.21. The lowest BCUT2D eigenvalue weighted by atomic mass is 10.0. The Morgan fingerprint density at radius 3 is 2.63 bits per heavy atom. The average Bonchev–Trinajstić information content (AvgIpc) is 2.38. The summed E-state index contributed by atoms with van der Waals surface area (Å²) in [7, 11) is 1.67. The molecule has 0 aliphatic carbocycles. The van der Waals surface area contributed by atoms with Gasteiger partial charge in [0.2, 0.25) is 0 Å². The Balaban J connectivity index is 2.61. The van der Waals surface area contributed by atoms with E-state index >= 15 is 0 Å². The van der Waals surface area contributed by atoms with E-state index in [2.05, 4.69) is 18.3 Å². The van der Waals surface area contributed by atoms with Crippen LogP contribution in [-0.4, -0.2) is 30.3 Å². The van der Waals surface area contributed by atoms with Gasteiger partial charge in [0, 0.05) is 6.54 Å². The summed E-state index contributed by atoms with van der Waals surface area (Å²) in [5.74, 6) is 0.0709. The van der Waals surface area contributed by atoms with Crippen LogP contribution in [0.2, 0.25) is 0 Å². The van der Waals surface area contributed by atoms with Gasteiger partial charge in [0.1, 0.15) is 11.3 Å². The number of methoxy groups -OCH3 is 1. The number of benzene rings is 1. The van der Waals surface area contributed by atoms with E-state index in [1.54, 1.807) is 21.0 Å². The highest BCUT2D eigenvalue weighted by molar-refractivity contribution is 5.77. The summed E-state index contributed by atoms with van der Waals surface area (Å²) >= 11 is 0. The number of aliphatic carboxylic acids is 1. The smallest absolute Gasteiger partial charge is 0.323 e. The fourth-order valence-electron chi connectivity index (χ4n) is 1.86. The summed E-state index contributed by atoms with van der Waals surface area (Å²) in [6, 6.07) is 6.11. The van der Waals surface area contributed by atoms with Crippen LogP contribution in [0.4, 0.5) is 0 Å². The molecule has 4 heteroatoms. The van der Waals surface area contributed by atoms with Gasteiger partial charge in [-0.05, 0) is 43.9 Å². The predicted molar refractivity (Wildman–Crippen MR) is 75.8 cm³/mol. The van der Waals surface area contributed by atoms with Crippen LogP contribution in [0, 0.1) is 0 Å². The maximum atomic E-state index is 11.0. The highest BCUT2D eigenvalue weighted by atomic mass is 16.5. The molecule has 4 nitrogen and oxygen atoms in total. The third-order valence-electron chi connectivity index (χ3n) is 3.24. The molecule has 0 saturated carbocycles. The number of carbonyl (C=O) groups is 1. The van der Waals surface area contributed by atoms with Gasteiger partial charge in [-0.15, -0.1) is 0 Å². The first-order chi connectivity index (χ1) is 8.90. The second-order valence-electron chi connectivity index (χ2n) is 5.11. The highest BCUT2D eigenvalue weighted by Gasteiger charge is 2.25. The van der Waals surface area contributed by atoms with Gasteiger partial charge >= 0.3 is 5.97 Å². The molecule has 0 radical (unpaired) electrons. The molecule has 19 heavy (non-hydrogen) atoms. The van der Waals surface area contributed by atoms with E-state index in [1.165, 1.54) is 11.1 Å². The zero-order chi connectivity index (χ0) is 14.5. The maximum Gasteiger partial charge on any atom is 0.323 e. The molecule has 106 valence electrons. The molecule has 1 rings (SSSR count). The van der Waals surface area contributed by atoms with Crippen molar-refractivity contribution in [1.82, 2.24) is 5.32 Å². The molecule has 0 fully saturated rings. The standard InChI is InChI=1S/C15H23NO3/c1-5-12-10-11(6-7-13(12)19-4)8-9-16-15(2,3)14(17)18/h6-7,10,16H,5,8-9H2,1-4H3,(H,17,18). The molecule has 1 aromatic carbocycles. The Morgan fingerprint density at radius 2 is 2.11 bits per heavy atom. The van der Waals surface area contributed by atoms with Crippen LogP contribution < -0.4 is 10.1 Å². The van der Waals surface area contributed by atoms with Crippen molar-refractivity contribution in [2.45, 2.75) is 39.2 Å². The number of nitrogens with one attached hydrogen (secondary N) is 1. The molecular weight excluding hydrogens is 242 g/mol. The lowest BCUT2D eigenvalue weighted by molar-refractivity contribution is -0.143. The first-order valence-corrected chi connectivity index (χ1v) is 6.55. The van der Waals surface area contributed by atoms with E-state index in [9.17, 15) is 4.79 Å². The number of carboxylic acids is 1. The van der Waals surface area contributed by atoms with Crippen molar-refractivity contribution in [3.8, 4) is 5.75 Å². The van der Waals surface area contributed by atoms with Crippen LogP contribution in [0.5, 0.6) is 5.75 Å². The Kier molecular flexibility index (Phi) is 5.36. The fourth-order valence-corrected chi connectivity index (χ4v) is 1.86. The minimum atomic E-state index is -0.889.